The first-order valence-electron chi connectivity index (χ1n) is 8.74. The molecule has 0 amide bonds. The van der Waals surface area contributed by atoms with Crippen molar-refractivity contribution in [1.82, 2.24) is 0 Å². The van der Waals surface area contributed by atoms with Gasteiger partial charge in [0.25, 0.3) is 0 Å². The molecule has 0 saturated heterocycles. The van der Waals surface area contributed by atoms with Gasteiger partial charge in [-0.05, 0) is 0 Å². The predicted octanol–water partition coefficient (Wildman–Crippen LogP) is 5.31. The molecule has 6 unspecified atom stereocenters. The van der Waals surface area contributed by atoms with Crippen molar-refractivity contribution < 1.29 is 21.3 Å². The molecule has 2 saturated carbocycles. The molecule has 110 valence electrons. The Balaban J connectivity index is 1.59. The minimum atomic E-state index is -1.47. The van der Waals surface area contributed by atoms with Crippen molar-refractivity contribution in [3.63, 3.8) is 0 Å². The van der Waals surface area contributed by atoms with Crippen LogP contribution in [0.2, 0.25) is 7.25 Å². The van der Waals surface area contributed by atoms with Gasteiger partial charge in [0.1, 0.15) is 0 Å². The molecule has 0 aromatic rings. The maximum atomic E-state index is 2.75. The summed E-state index contributed by atoms with van der Waals surface area (Å²) >= 11 is -1.47. The monoisotopic (exact) mass is 356 g/mol. The van der Waals surface area contributed by atoms with E-state index in [-0.39, 0.29) is 0 Å². The van der Waals surface area contributed by atoms with Crippen LogP contribution in [0, 0.1) is 23.7 Å². The second-order valence-electron chi connectivity index (χ2n) is 7.18. The number of allylic oxidation sites excluding steroid dienone is 8. The normalized spacial score (nSPS) is 42.9. The van der Waals surface area contributed by atoms with E-state index in [1.807, 2.05) is 0 Å². The van der Waals surface area contributed by atoms with Crippen LogP contribution in [0.4, 0.5) is 0 Å². The van der Waals surface area contributed by atoms with Gasteiger partial charge in [-0.2, -0.15) is 0 Å². The molecule has 4 rings (SSSR count). The van der Waals surface area contributed by atoms with E-state index in [0.717, 1.165) is 30.9 Å². The third-order valence-corrected chi connectivity index (χ3v) is 15.5. The molecule has 0 radical (unpaired) electrons. The first-order valence-corrected chi connectivity index (χ1v) is 13.0. The summed E-state index contributed by atoms with van der Waals surface area (Å²) in [6.45, 7) is 2.40. The van der Waals surface area contributed by atoms with Crippen LogP contribution in [0.15, 0.2) is 48.6 Å². The molecule has 0 bridgehead atoms. The maximum absolute atomic E-state index is 2.75. The van der Waals surface area contributed by atoms with E-state index in [1.54, 1.807) is 0 Å². The molecule has 2 fully saturated rings. The van der Waals surface area contributed by atoms with Gasteiger partial charge >= 0.3 is 137 Å². The molecule has 0 N–H and O–H groups in total. The average Bonchev–Trinajstić information content (AvgIpc) is 3.14. The van der Waals surface area contributed by atoms with Crippen molar-refractivity contribution in [2.45, 2.75) is 39.9 Å². The molecule has 4 aliphatic carbocycles. The number of hydrogen-bond donors (Lipinski definition) is 0. The van der Waals surface area contributed by atoms with Gasteiger partial charge in [0, 0.05) is 0 Å². The average molecular weight is 358 g/mol. The fourth-order valence-corrected chi connectivity index (χ4v) is 15.3. The molecular formula is C20H26Zr. The van der Waals surface area contributed by atoms with Gasteiger partial charge in [0.05, 0.1) is 0 Å². The second-order valence-corrected chi connectivity index (χ2v) is 14.7. The molecule has 0 spiro atoms. The molecule has 0 aliphatic heterocycles. The molecule has 0 nitrogen and oxygen atoms in total. The van der Waals surface area contributed by atoms with Gasteiger partial charge in [-0.1, -0.05) is 0 Å². The van der Waals surface area contributed by atoms with Crippen molar-refractivity contribution in [2.24, 2.45) is 23.7 Å². The topological polar surface area (TPSA) is 0 Å². The van der Waals surface area contributed by atoms with Crippen molar-refractivity contribution in [1.29, 1.82) is 0 Å². The van der Waals surface area contributed by atoms with Gasteiger partial charge in [-0.15, -0.1) is 0 Å². The Hall–Kier alpha value is -0.287. The summed E-state index contributed by atoms with van der Waals surface area (Å²) < 4.78 is 4.90. The molecular weight excluding hydrogens is 331 g/mol. The van der Waals surface area contributed by atoms with Gasteiger partial charge in [0.2, 0.25) is 0 Å². The number of hydrogen-bond acceptors (Lipinski definition) is 0. The Morgan fingerprint density at radius 1 is 0.714 bits per heavy atom. The molecule has 0 aromatic heterocycles. The Morgan fingerprint density at radius 3 is 1.67 bits per heavy atom. The Kier molecular flexibility index (Phi) is 4.14. The van der Waals surface area contributed by atoms with Gasteiger partial charge in [-0.3, -0.25) is 0 Å². The van der Waals surface area contributed by atoms with Crippen LogP contribution in [0.25, 0.3) is 0 Å². The molecule has 1 heteroatoms. The van der Waals surface area contributed by atoms with Crippen LogP contribution in [-0.4, -0.2) is 3.71 Å². The minimum absolute atomic E-state index is 0.870. The van der Waals surface area contributed by atoms with E-state index in [1.165, 1.54) is 25.7 Å². The third kappa shape index (κ3) is 2.50. The first-order chi connectivity index (χ1) is 10.4. The summed E-state index contributed by atoms with van der Waals surface area (Å²) in [5.41, 5.74) is 0. The SMILES string of the molecule is C[CH]=[Zr]([CH]1CCC2C=CC=CC21)[CH]1CCC2C=CC=CC21. The van der Waals surface area contributed by atoms with E-state index >= 15 is 0 Å². The molecule has 4 aliphatic rings. The summed E-state index contributed by atoms with van der Waals surface area (Å²) in [5, 5.41) is 0. The molecule has 6 atom stereocenters. The first kappa shape index (κ1) is 14.3. The van der Waals surface area contributed by atoms with Gasteiger partial charge in [0.15, 0.2) is 0 Å². The summed E-state index contributed by atoms with van der Waals surface area (Å²) in [4.78, 5) is 0. The van der Waals surface area contributed by atoms with Crippen LogP contribution >= 0.6 is 0 Å². The van der Waals surface area contributed by atoms with E-state index in [9.17, 15) is 0 Å². The quantitative estimate of drug-likeness (QED) is 0.628. The summed E-state index contributed by atoms with van der Waals surface area (Å²) in [7, 11) is 0. The Bertz CT molecular complexity index is 502. The Morgan fingerprint density at radius 2 is 1.19 bits per heavy atom. The van der Waals surface area contributed by atoms with Crippen molar-refractivity contribution in [2.75, 3.05) is 0 Å². The van der Waals surface area contributed by atoms with Gasteiger partial charge in [-0.25, -0.2) is 0 Å². The predicted molar refractivity (Wildman–Crippen MR) is 88.2 cm³/mol. The summed E-state index contributed by atoms with van der Waals surface area (Å²) in [5.74, 6) is 3.52. The zero-order chi connectivity index (χ0) is 14.2. The molecule has 0 heterocycles. The Labute approximate surface area is 136 Å². The van der Waals surface area contributed by atoms with Crippen LogP contribution in [0.5, 0.6) is 0 Å². The fourth-order valence-electron chi connectivity index (χ4n) is 5.39. The van der Waals surface area contributed by atoms with Crippen LogP contribution < -0.4 is 0 Å². The van der Waals surface area contributed by atoms with Gasteiger partial charge < -0.3 is 0 Å². The van der Waals surface area contributed by atoms with Crippen LogP contribution in [0.3, 0.4) is 0 Å². The summed E-state index contributed by atoms with van der Waals surface area (Å²) in [6, 6.07) is 0. The zero-order valence-corrected chi connectivity index (χ0v) is 15.4. The van der Waals surface area contributed by atoms with Crippen LogP contribution in [-0.2, 0) is 21.3 Å². The van der Waals surface area contributed by atoms with E-state index in [4.69, 9.17) is 0 Å². The van der Waals surface area contributed by atoms with Crippen molar-refractivity contribution in [3.05, 3.63) is 48.6 Å². The van der Waals surface area contributed by atoms with Crippen molar-refractivity contribution >= 4 is 3.71 Å². The van der Waals surface area contributed by atoms with E-state index in [2.05, 4.69) is 59.2 Å². The van der Waals surface area contributed by atoms with Crippen molar-refractivity contribution in [3.8, 4) is 0 Å². The number of rotatable bonds is 2. The molecule has 21 heavy (non-hydrogen) atoms. The van der Waals surface area contributed by atoms with E-state index in [0.29, 0.717) is 0 Å². The summed E-state index contributed by atoms with van der Waals surface area (Å²) in [6.07, 6.45) is 25.2. The van der Waals surface area contributed by atoms with E-state index < -0.39 is 21.3 Å². The fraction of sp³-hybridized carbons (Fsp3) is 0.550. The zero-order valence-electron chi connectivity index (χ0n) is 13.0. The standard InChI is InChI=1S/2C9H11.C2H4.Zr/c2*1-2-5-9-7-3-6-8(9)4-1;1-2;/h2*1-2,4-6,8-9H,3,7H2;1H,2H3;. The molecule has 0 aromatic carbocycles. The van der Waals surface area contributed by atoms with Crippen LogP contribution in [0.1, 0.15) is 32.6 Å². The second kappa shape index (κ2) is 6.07. The third-order valence-electron chi connectivity index (χ3n) is 6.34. The number of fused-ring (bicyclic) bond motifs is 2.